The Morgan fingerprint density at radius 3 is 2.35 bits per heavy atom. The van der Waals surface area contributed by atoms with E-state index in [1.54, 1.807) is 12.2 Å². The first kappa shape index (κ1) is 15.4. The molecular formula is C14H16N2O4. The summed E-state index contributed by atoms with van der Waals surface area (Å²) in [6, 6.07) is 9.42. The molecule has 0 bridgehead atoms. The molecule has 1 aromatic rings. The largest absolute Gasteiger partial charge is 0.481 e. The molecule has 0 heterocycles. The number of carboxylic acid groups (broad SMARTS) is 1. The third-order valence-electron chi connectivity index (χ3n) is 2.55. The lowest BCUT2D eigenvalue weighted by Crippen LogP contribution is -2.09. The van der Waals surface area contributed by atoms with E-state index in [-0.39, 0.29) is 30.7 Å². The van der Waals surface area contributed by atoms with Crippen LogP contribution in [0.2, 0.25) is 0 Å². The van der Waals surface area contributed by atoms with Crippen molar-refractivity contribution in [3.05, 3.63) is 42.0 Å². The summed E-state index contributed by atoms with van der Waals surface area (Å²) < 4.78 is 0. The number of allylic oxidation sites excluding steroid dienone is 1. The number of oxime groups is 2. The molecule has 0 aromatic heterocycles. The van der Waals surface area contributed by atoms with Crippen LogP contribution in [-0.2, 0) is 4.79 Å². The Morgan fingerprint density at radius 1 is 1.10 bits per heavy atom. The van der Waals surface area contributed by atoms with Gasteiger partial charge >= 0.3 is 5.97 Å². The fraction of sp³-hybridized carbons (Fsp3) is 0.214. The summed E-state index contributed by atoms with van der Waals surface area (Å²) in [5.74, 6) is -0.978. The molecule has 0 atom stereocenters. The topological polar surface area (TPSA) is 102 Å². The average Bonchev–Trinajstić information content (AvgIpc) is 2.47. The van der Waals surface area contributed by atoms with Crippen molar-refractivity contribution in [3.63, 3.8) is 0 Å². The molecule has 1 aromatic carbocycles. The lowest BCUT2D eigenvalue weighted by atomic mass is 10.1. The van der Waals surface area contributed by atoms with Crippen molar-refractivity contribution < 1.29 is 20.3 Å². The minimum Gasteiger partial charge on any atom is -0.481 e. The first-order valence-corrected chi connectivity index (χ1v) is 6.01. The summed E-state index contributed by atoms with van der Waals surface area (Å²) in [5.41, 5.74) is 1.46. The van der Waals surface area contributed by atoms with E-state index in [9.17, 15) is 4.79 Å². The summed E-state index contributed by atoms with van der Waals surface area (Å²) >= 11 is 0. The van der Waals surface area contributed by atoms with E-state index < -0.39 is 5.97 Å². The van der Waals surface area contributed by atoms with Gasteiger partial charge < -0.3 is 15.5 Å². The normalized spacial score (nSPS) is 12.8. The van der Waals surface area contributed by atoms with Crippen LogP contribution in [0.15, 0.2) is 46.7 Å². The van der Waals surface area contributed by atoms with E-state index in [4.69, 9.17) is 15.5 Å². The minimum atomic E-state index is -0.978. The molecule has 0 aliphatic carbocycles. The summed E-state index contributed by atoms with van der Waals surface area (Å²) in [4.78, 5) is 10.5. The highest BCUT2D eigenvalue weighted by Crippen LogP contribution is 2.05. The maximum Gasteiger partial charge on any atom is 0.303 e. The number of carbonyl (C=O) groups is 1. The molecule has 20 heavy (non-hydrogen) atoms. The number of carboxylic acids is 1. The van der Waals surface area contributed by atoms with Gasteiger partial charge in [0.15, 0.2) is 0 Å². The quantitative estimate of drug-likeness (QED) is 0.404. The van der Waals surface area contributed by atoms with Crippen LogP contribution in [0.4, 0.5) is 0 Å². The standard InChI is InChI=1S/C14H16N2O4/c17-14(18)9-8-13(16-20)10-12(15-19)7-6-11-4-2-1-3-5-11/h1-7,19-20H,8-10H2,(H,17,18). The number of nitrogens with zero attached hydrogens (tertiary/aromatic N) is 2. The molecule has 0 spiro atoms. The van der Waals surface area contributed by atoms with Crippen LogP contribution in [0.5, 0.6) is 0 Å². The molecule has 0 aliphatic heterocycles. The Bertz CT molecular complexity index is 521. The molecule has 1 rings (SSSR count). The summed E-state index contributed by atoms with van der Waals surface area (Å²) in [5, 5.41) is 32.4. The Labute approximate surface area is 116 Å². The van der Waals surface area contributed by atoms with Gasteiger partial charge in [0, 0.05) is 6.42 Å². The fourth-order valence-electron chi connectivity index (χ4n) is 1.52. The minimum absolute atomic E-state index is 0.0869. The van der Waals surface area contributed by atoms with Gasteiger partial charge in [0.25, 0.3) is 0 Å². The number of hydrogen-bond acceptors (Lipinski definition) is 5. The molecule has 3 N–H and O–H groups in total. The van der Waals surface area contributed by atoms with Crippen LogP contribution in [0, 0.1) is 0 Å². The molecule has 0 amide bonds. The number of hydrogen-bond donors (Lipinski definition) is 3. The highest BCUT2D eigenvalue weighted by Gasteiger charge is 2.07. The molecule has 0 saturated heterocycles. The summed E-state index contributed by atoms with van der Waals surface area (Å²) in [7, 11) is 0. The molecule has 0 aliphatic rings. The van der Waals surface area contributed by atoms with Gasteiger partial charge in [-0.3, -0.25) is 4.79 Å². The number of aliphatic carboxylic acids is 1. The van der Waals surface area contributed by atoms with E-state index >= 15 is 0 Å². The molecule has 0 radical (unpaired) electrons. The highest BCUT2D eigenvalue weighted by molar-refractivity contribution is 6.10. The first-order valence-electron chi connectivity index (χ1n) is 6.01. The zero-order chi connectivity index (χ0) is 14.8. The van der Waals surface area contributed by atoms with Crippen LogP contribution in [-0.4, -0.2) is 32.9 Å². The fourth-order valence-corrected chi connectivity index (χ4v) is 1.52. The Hall–Kier alpha value is -2.63. The molecule has 6 nitrogen and oxygen atoms in total. The molecule has 106 valence electrons. The molecular weight excluding hydrogens is 260 g/mol. The van der Waals surface area contributed by atoms with E-state index in [1.807, 2.05) is 30.3 Å². The lowest BCUT2D eigenvalue weighted by Gasteiger charge is -2.02. The van der Waals surface area contributed by atoms with Gasteiger partial charge in [-0.05, 0) is 18.1 Å². The van der Waals surface area contributed by atoms with Crippen molar-refractivity contribution in [1.29, 1.82) is 0 Å². The molecule has 0 unspecified atom stereocenters. The Balaban J connectivity index is 2.63. The number of benzene rings is 1. The van der Waals surface area contributed by atoms with Gasteiger partial charge in [-0.25, -0.2) is 0 Å². The summed E-state index contributed by atoms with van der Waals surface area (Å²) in [6.07, 6.45) is 3.39. The van der Waals surface area contributed by atoms with E-state index in [0.29, 0.717) is 0 Å². The highest BCUT2D eigenvalue weighted by atomic mass is 16.4. The zero-order valence-corrected chi connectivity index (χ0v) is 10.8. The third kappa shape index (κ3) is 5.81. The van der Waals surface area contributed by atoms with Crippen molar-refractivity contribution >= 4 is 23.5 Å². The van der Waals surface area contributed by atoms with Crippen molar-refractivity contribution in [2.75, 3.05) is 0 Å². The van der Waals surface area contributed by atoms with Crippen molar-refractivity contribution in [2.45, 2.75) is 19.3 Å². The molecule has 0 saturated carbocycles. The van der Waals surface area contributed by atoms with Crippen LogP contribution in [0.1, 0.15) is 24.8 Å². The average molecular weight is 276 g/mol. The predicted octanol–water partition coefficient (Wildman–Crippen LogP) is 2.62. The van der Waals surface area contributed by atoms with Gasteiger partial charge in [-0.1, -0.05) is 46.7 Å². The van der Waals surface area contributed by atoms with Gasteiger partial charge in [0.1, 0.15) is 0 Å². The predicted molar refractivity (Wildman–Crippen MR) is 75.4 cm³/mol. The van der Waals surface area contributed by atoms with Crippen LogP contribution in [0.3, 0.4) is 0 Å². The zero-order valence-electron chi connectivity index (χ0n) is 10.8. The third-order valence-corrected chi connectivity index (χ3v) is 2.55. The van der Waals surface area contributed by atoms with Crippen molar-refractivity contribution in [1.82, 2.24) is 0 Å². The SMILES string of the molecule is O=C(O)CCC(CC(C=Cc1ccccc1)=NO)=NO. The van der Waals surface area contributed by atoms with Crippen LogP contribution < -0.4 is 0 Å². The van der Waals surface area contributed by atoms with Crippen molar-refractivity contribution in [3.8, 4) is 0 Å². The second-order valence-electron chi connectivity index (χ2n) is 4.07. The van der Waals surface area contributed by atoms with E-state index in [1.165, 1.54) is 0 Å². The molecule has 6 heteroatoms. The van der Waals surface area contributed by atoms with Crippen LogP contribution in [0.25, 0.3) is 6.08 Å². The smallest absolute Gasteiger partial charge is 0.303 e. The van der Waals surface area contributed by atoms with E-state index in [2.05, 4.69) is 10.3 Å². The Kier molecular flexibility index (Phi) is 6.53. The number of rotatable bonds is 7. The monoisotopic (exact) mass is 276 g/mol. The summed E-state index contributed by atoms with van der Waals surface area (Å²) in [6.45, 7) is 0. The second kappa shape index (κ2) is 8.47. The lowest BCUT2D eigenvalue weighted by molar-refractivity contribution is -0.136. The van der Waals surface area contributed by atoms with E-state index in [0.717, 1.165) is 5.56 Å². The van der Waals surface area contributed by atoms with Gasteiger partial charge in [-0.15, -0.1) is 0 Å². The van der Waals surface area contributed by atoms with Gasteiger partial charge in [-0.2, -0.15) is 0 Å². The van der Waals surface area contributed by atoms with Crippen LogP contribution >= 0.6 is 0 Å². The second-order valence-corrected chi connectivity index (χ2v) is 4.07. The maximum atomic E-state index is 10.5. The first-order chi connectivity index (χ1) is 9.65. The maximum absolute atomic E-state index is 10.5. The molecule has 0 fully saturated rings. The Morgan fingerprint density at radius 2 is 1.80 bits per heavy atom. The van der Waals surface area contributed by atoms with Crippen molar-refractivity contribution in [2.24, 2.45) is 10.3 Å². The van der Waals surface area contributed by atoms with Gasteiger partial charge in [0.2, 0.25) is 0 Å². The van der Waals surface area contributed by atoms with Gasteiger partial charge in [0.05, 0.1) is 17.8 Å².